The van der Waals surface area contributed by atoms with Gasteiger partial charge in [-0.05, 0) is 73.7 Å². The Balaban J connectivity index is 6.49. The van der Waals surface area contributed by atoms with Gasteiger partial charge in [0, 0.05) is 6.04 Å². The van der Waals surface area contributed by atoms with Crippen LogP contribution in [0.25, 0.3) is 0 Å². The molecule has 0 saturated heterocycles. The smallest absolute Gasteiger partial charge is 0.416 e. The van der Waals surface area contributed by atoms with Gasteiger partial charge in [-0.3, -0.25) is 0 Å². The van der Waals surface area contributed by atoms with Crippen molar-refractivity contribution < 1.29 is 12.3 Å². The van der Waals surface area contributed by atoms with Gasteiger partial charge in [-0.1, -0.05) is 74.8 Å². The molecular weight excluding hydrogens is 461 g/mol. The molecule has 0 aliphatic carbocycles. The maximum Gasteiger partial charge on any atom is 0.469 e. The highest BCUT2D eigenvalue weighted by Gasteiger charge is 2.57. The molecule has 0 unspecified atom stereocenters. The van der Waals surface area contributed by atoms with Crippen LogP contribution < -0.4 is 0 Å². The van der Waals surface area contributed by atoms with Gasteiger partial charge in [0.25, 0.3) is 0 Å². The van der Waals surface area contributed by atoms with Crippen LogP contribution in [0.4, 0.5) is 0 Å². The van der Waals surface area contributed by atoms with Crippen molar-refractivity contribution >= 4 is 33.8 Å². The molecule has 0 aromatic carbocycles. The number of unbranched alkanes of at least 4 members (excludes halogenated alkanes) is 3. The lowest BCUT2D eigenvalue weighted by atomic mass is 10.2. The summed E-state index contributed by atoms with van der Waals surface area (Å²) in [6.07, 6.45) is 6.54. The lowest BCUT2D eigenvalue weighted by Crippen LogP contribution is -2.65. The molecule has 0 rings (SSSR count). The van der Waals surface area contributed by atoms with Crippen LogP contribution in [0.1, 0.15) is 88.0 Å². The highest BCUT2D eigenvalue weighted by molar-refractivity contribution is 6.92. The van der Waals surface area contributed by atoms with Gasteiger partial charge in [0.2, 0.25) is 0 Å². The zero-order valence-electron chi connectivity index (χ0n) is 24.5. The molecule has 0 saturated carbocycles. The van der Waals surface area contributed by atoms with Gasteiger partial charge in [0.15, 0.2) is 25.0 Å². The van der Waals surface area contributed by atoms with Crippen LogP contribution in [0, 0.1) is 0 Å². The zero-order valence-corrected chi connectivity index (χ0v) is 28.5. The summed E-state index contributed by atoms with van der Waals surface area (Å²) in [5.41, 5.74) is 0. The first kappa shape index (κ1) is 32.5. The van der Waals surface area contributed by atoms with E-state index in [0.29, 0.717) is 0 Å². The summed E-state index contributed by atoms with van der Waals surface area (Å²) in [5, 5.41) is 0.338. The Kier molecular flexibility index (Phi) is 11.2. The van der Waals surface area contributed by atoms with E-state index in [0.717, 1.165) is 18.9 Å². The highest BCUT2D eigenvalue weighted by Crippen LogP contribution is 2.47. The van der Waals surface area contributed by atoms with E-state index >= 15 is 0 Å². The SMILES string of the molecule is C=CCCCCC[Si](O[Si](C)(C)C(C)(C)C)(O[Si](C)(C)C(C)(C)C)O[Si](C)(C)C(C)(C)C. The van der Waals surface area contributed by atoms with Crippen molar-refractivity contribution in [2.75, 3.05) is 0 Å². The third kappa shape index (κ3) is 9.27. The van der Waals surface area contributed by atoms with Crippen molar-refractivity contribution in [2.24, 2.45) is 0 Å². The average Bonchev–Trinajstić information content (AvgIpc) is 2.49. The Labute approximate surface area is 206 Å². The molecule has 0 heterocycles. The van der Waals surface area contributed by atoms with Gasteiger partial charge in [-0.15, -0.1) is 6.58 Å². The largest absolute Gasteiger partial charge is 0.469 e. The minimum Gasteiger partial charge on any atom is -0.416 e. The molecule has 0 radical (unpaired) electrons. The van der Waals surface area contributed by atoms with Crippen LogP contribution in [-0.2, 0) is 12.3 Å². The Morgan fingerprint density at radius 1 is 0.562 bits per heavy atom. The fraction of sp³-hybridized carbons (Fsp3) is 0.920. The number of hydrogen-bond acceptors (Lipinski definition) is 3. The lowest BCUT2D eigenvalue weighted by Gasteiger charge is -2.52. The van der Waals surface area contributed by atoms with Crippen LogP contribution in [0.5, 0.6) is 0 Å². The summed E-state index contributed by atoms with van der Waals surface area (Å²) in [4.78, 5) is 0. The predicted molar refractivity (Wildman–Crippen MR) is 154 cm³/mol. The fourth-order valence-corrected chi connectivity index (χ4v) is 19.2. The second-order valence-corrected chi connectivity index (χ2v) is 32.0. The van der Waals surface area contributed by atoms with E-state index in [-0.39, 0.29) is 15.1 Å². The first-order chi connectivity index (χ1) is 13.9. The van der Waals surface area contributed by atoms with Crippen LogP contribution in [0.2, 0.25) is 60.4 Å². The number of hydrogen-bond donors (Lipinski definition) is 0. The van der Waals surface area contributed by atoms with E-state index in [9.17, 15) is 0 Å². The molecule has 0 aromatic rings. The molecule has 0 amide bonds. The molecule has 0 N–H and O–H groups in total. The molecule has 192 valence electrons. The molecule has 3 nitrogen and oxygen atoms in total. The summed E-state index contributed by atoms with van der Waals surface area (Å²) in [5.74, 6) is 0. The van der Waals surface area contributed by atoms with Crippen molar-refractivity contribution in [1.82, 2.24) is 0 Å². The molecule has 0 aromatic heterocycles. The van der Waals surface area contributed by atoms with Gasteiger partial charge in [0.05, 0.1) is 0 Å². The van der Waals surface area contributed by atoms with Gasteiger partial charge in [-0.2, -0.15) is 0 Å². The Morgan fingerprint density at radius 2 is 0.875 bits per heavy atom. The molecule has 0 aliphatic rings. The van der Waals surface area contributed by atoms with Crippen molar-refractivity contribution in [3.63, 3.8) is 0 Å². The normalized spacial score (nSPS) is 15.2. The van der Waals surface area contributed by atoms with Crippen molar-refractivity contribution in [3.8, 4) is 0 Å². The Bertz CT molecular complexity index is 524. The first-order valence-electron chi connectivity index (χ1n) is 12.6. The fourth-order valence-electron chi connectivity index (χ4n) is 2.65. The molecule has 0 atom stereocenters. The van der Waals surface area contributed by atoms with E-state index in [1.165, 1.54) is 12.8 Å². The summed E-state index contributed by atoms with van der Waals surface area (Å²) in [6.45, 7) is 38.9. The van der Waals surface area contributed by atoms with E-state index < -0.39 is 33.8 Å². The quantitative estimate of drug-likeness (QED) is 0.146. The first-order valence-corrected chi connectivity index (χ1v) is 23.3. The molecular formula is C25H58O3Si4. The summed E-state index contributed by atoms with van der Waals surface area (Å²) in [7, 11) is -9.21. The minimum atomic E-state index is -2.93. The molecule has 0 fully saturated rings. The zero-order chi connectivity index (χ0) is 25.9. The van der Waals surface area contributed by atoms with Crippen molar-refractivity contribution in [1.29, 1.82) is 0 Å². The third-order valence-corrected chi connectivity index (χ3v) is 29.7. The van der Waals surface area contributed by atoms with Gasteiger partial charge >= 0.3 is 8.80 Å². The summed E-state index contributed by atoms with van der Waals surface area (Å²) in [6, 6.07) is 0.926. The van der Waals surface area contributed by atoms with Crippen LogP contribution in [0.3, 0.4) is 0 Å². The van der Waals surface area contributed by atoms with Gasteiger partial charge in [0.1, 0.15) is 0 Å². The van der Waals surface area contributed by atoms with Gasteiger partial charge < -0.3 is 12.3 Å². The minimum absolute atomic E-state index is 0.113. The van der Waals surface area contributed by atoms with Crippen molar-refractivity contribution in [3.05, 3.63) is 12.7 Å². The average molecular weight is 519 g/mol. The molecule has 7 heteroatoms. The maximum absolute atomic E-state index is 7.34. The van der Waals surface area contributed by atoms with Gasteiger partial charge in [-0.25, -0.2) is 0 Å². The van der Waals surface area contributed by atoms with E-state index in [4.69, 9.17) is 12.3 Å². The van der Waals surface area contributed by atoms with E-state index in [1.807, 2.05) is 6.08 Å². The second kappa shape index (κ2) is 11.0. The lowest BCUT2D eigenvalue weighted by molar-refractivity contribution is 0.227. The van der Waals surface area contributed by atoms with Crippen LogP contribution in [0.15, 0.2) is 12.7 Å². The highest BCUT2D eigenvalue weighted by atomic mass is 28.5. The summed E-state index contributed by atoms with van der Waals surface area (Å²) < 4.78 is 22.0. The Morgan fingerprint density at radius 3 is 1.12 bits per heavy atom. The van der Waals surface area contributed by atoms with Crippen LogP contribution >= 0.6 is 0 Å². The van der Waals surface area contributed by atoms with E-state index in [2.05, 4.69) is 108 Å². The second-order valence-electron chi connectivity index (χ2n) is 14.2. The van der Waals surface area contributed by atoms with Crippen LogP contribution in [-0.4, -0.2) is 33.8 Å². The topological polar surface area (TPSA) is 27.7 Å². The van der Waals surface area contributed by atoms with Crippen molar-refractivity contribution in [2.45, 2.75) is 148 Å². The third-order valence-electron chi connectivity index (χ3n) is 8.04. The van der Waals surface area contributed by atoms with E-state index in [1.54, 1.807) is 0 Å². The number of allylic oxidation sites excluding steroid dienone is 1. The Hall–Kier alpha value is 0.488. The molecule has 0 aliphatic heterocycles. The molecule has 0 bridgehead atoms. The molecule has 0 spiro atoms. The summed E-state index contributed by atoms with van der Waals surface area (Å²) >= 11 is 0. The standard InChI is InChI=1S/C25H58O3Si4/c1-17-18-19-20-21-22-32(26-29(11,12)23(2,3)4,27-30(13,14)24(5,6)7)28-31(15,16)25(8,9)10/h17H,1,18-22H2,2-16H3. The monoisotopic (exact) mass is 518 g/mol. The number of rotatable bonds is 12. The predicted octanol–water partition coefficient (Wildman–Crippen LogP) is 9.74. The molecule has 32 heavy (non-hydrogen) atoms. The maximum atomic E-state index is 7.34.